The van der Waals surface area contributed by atoms with E-state index in [9.17, 15) is 14.4 Å². The first-order valence-electron chi connectivity index (χ1n) is 8.56. The fourth-order valence-electron chi connectivity index (χ4n) is 2.49. The smallest absolute Gasteiger partial charge is 0.348 e. The van der Waals surface area contributed by atoms with E-state index in [0.29, 0.717) is 17.0 Å². The fraction of sp³-hybridized carbons (Fsp3) is 0.611. The van der Waals surface area contributed by atoms with Crippen molar-refractivity contribution >= 4 is 34.2 Å². The molecule has 0 saturated carbocycles. The first-order valence-corrected chi connectivity index (χ1v) is 9.37. The van der Waals surface area contributed by atoms with Crippen LogP contribution >= 0.6 is 11.3 Å². The summed E-state index contributed by atoms with van der Waals surface area (Å²) in [6.45, 7) is 3.80. The Hall–Kier alpha value is -1.89. The molecule has 140 valence electrons. The largest absolute Gasteiger partial charge is 0.465 e. The molecule has 0 bridgehead atoms. The number of nitrogens with one attached hydrogen (secondary N) is 1. The molecule has 0 aliphatic heterocycles. The molecule has 0 aromatic carbocycles. The molecular weight excluding hydrogens is 342 g/mol. The number of carbonyl (C=O) groups is 3. The van der Waals surface area contributed by atoms with Crippen LogP contribution in [0.25, 0.3) is 0 Å². The summed E-state index contributed by atoms with van der Waals surface area (Å²) in [4.78, 5) is 36.3. The first-order chi connectivity index (χ1) is 12.0. The molecule has 0 spiro atoms. The van der Waals surface area contributed by atoms with Gasteiger partial charge in [-0.25, -0.2) is 9.59 Å². The molecule has 1 rings (SSSR count). The number of thiophene rings is 1. The lowest BCUT2D eigenvalue weighted by Gasteiger charge is -2.06. The third-order valence-corrected chi connectivity index (χ3v) is 5.10. The number of rotatable bonds is 10. The van der Waals surface area contributed by atoms with Gasteiger partial charge in [0, 0.05) is 6.42 Å². The Bertz CT molecular complexity index is 609. The Morgan fingerprint density at radius 3 is 2.16 bits per heavy atom. The van der Waals surface area contributed by atoms with E-state index >= 15 is 0 Å². The topological polar surface area (TPSA) is 81.7 Å². The van der Waals surface area contributed by atoms with Gasteiger partial charge in [-0.15, -0.1) is 11.3 Å². The van der Waals surface area contributed by atoms with E-state index in [-0.39, 0.29) is 16.3 Å². The van der Waals surface area contributed by atoms with Crippen LogP contribution < -0.4 is 5.32 Å². The lowest BCUT2D eigenvalue weighted by molar-refractivity contribution is -0.116. The van der Waals surface area contributed by atoms with Crippen molar-refractivity contribution in [1.29, 1.82) is 0 Å². The number of amides is 1. The van der Waals surface area contributed by atoms with E-state index < -0.39 is 11.9 Å². The van der Waals surface area contributed by atoms with E-state index in [0.717, 1.165) is 30.6 Å². The third kappa shape index (κ3) is 6.16. The maximum absolute atomic E-state index is 12.2. The molecule has 1 aromatic rings. The van der Waals surface area contributed by atoms with Gasteiger partial charge in [0.1, 0.15) is 9.88 Å². The average Bonchev–Trinajstić information content (AvgIpc) is 2.92. The summed E-state index contributed by atoms with van der Waals surface area (Å²) in [7, 11) is 2.54. The van der Waals surface area contributed by atoms with Crippen LogP contribution in [0, 0.1) is 6.92 Å². The highest BCUT2D eigenvalue weighted by Crippen LogP contribution is 2.34. The zero-order valence-corrected chi connectivity index (χ0v) is 16.2. The fourth-order valence-corrected chi connectivity index (χ4v) is 3.62. The van der Waals surface area contributed by atoms with Crippen molar-refractivity contribution in [2.75, 3.05) is 19.5 Å². The predicted octanol–water partition coefficient (Wildman–Crippen LogP) is 4.32. The molecule has 1 heterocycles. The van der Waals surface area contributed by atoms with E-state index in [2.05, 4.69) is 12.2 Å². The maximum atomic E-state index is 12.2. The molecule has 1 amide bonds. The molecular formula is C18H27NO5S. The molecule has 0 radical (unpaired) electrons. The number of hydrogen-bond acceptors (Lipinski definition) is 6. The molecule has 0 aliphatic carbocycles. The molecule has 0 aliphatic rings. The Morgan fingerprint density at radius 1 is 0.960 bits per heavy atom. The van der Waals surface area contributed by atoms with Gasteiger partial charge in [-0.1, -0.05) is 39.0 Å². The first kappa shape index (κ1) is 21.2. The van der Waals surface area contributed by atoms with Gasteiger partial charge in [-0.3, -0.25) is 4.79 Å². The average molecular weight is 369 g/mol. The van der Waals surface area contributed by atoms with Gasteiger partial charge >= 0.3 is 11.9 Å². The van der Waals surface area contributed by atoms with E-state index in [1.54, 1.807) is 6.92 Å². The molecule has 0 fully saturated rings. The standard InChI is InChI=1S/C18H27NO5S/c1-5-6-7-8-9-10-11-13(20)19-16-14(17(21)23-3)12(2)15(25-16)18(22)24-4/h5-11H2,1-4H3,(H,19,20). The van der Waals surface area contributed by atoms with Gasteiger partial charge in [0.25, 0.3) is 0 Å². The number of methoxy groups -OCH3 is 2. The van der Waals surface area contributed by atoms with Crippen molar-refractivity contribution in [3.63, 3.8) is 0 Å². The van der Waals surface area contributed by atoms with E-state index in [1.807, 2.05) is 0 Å². The van der Waals surface area contributed by atoms with Crippen molar-refractivity contribution in [3.8, 4) is 0 Å². The zero-order chi connectivity index (χ0) is 18.8. The molecule has 6 nitrogen and oxygen atoms in total. The van der Waals surface area contributed by atoms with E-state index in [1.165, 1.54) is 33.5 Å². The number of esters is 2. The van der Waals surface area contributed by atoms with Gasteiger partial charge in [-0.2, -0.15) is 0 Å². The molecule has 25 heavy (non-hydrogen) atoms. The Kier molecular flexibility index (Phi) is 9.20. The van der Waals surface area contributed by atoms with Crippen LogP contribution in [0.15, 0.2) is 0 Å². The molecule has 0 saturated heterocycles. The molecule has 1 N–H and O–H groups in total. The van der Waals surface area contributed by atoms with Crippen molar-refractivity contribution in [1.82, 2.24) is 0 Å². The summed E-state index contributed by atoms with van der Waals surface area (Å²) in [6.07, 6.45) is 6.93. The van der Waals surface area contributed by atoms with E-state index in [4.69, 9.17) is 9.47 Å². The van der Waals surface area contributed by atoms with Gasteiger partial charge in [0.05, 0.1) is 19.8 Å². The maximum Gasteiger partial charge on any atom is 0.348 e. The van der Waals surface area contributed by atoms with Crippen molar-refractivity contribution in [2.45, 2.75) is 58.8 Å². The summed E-state index contributed by atoms with van der Waals surface area (Å²) in [5.41, 5.74) is 0.669. The number of anilines is 1. The summed E-state index contributed by atoms with van der Waals surface area (Å²) in [6, 6.07) is 0. The summed E-state index contributed by atoms with van der Waals surface area (Å²) >= 11 is 1.03. The number of unbranched alkanes of at least 4 members (excludes halogenated alkanes) is 5. The van der Waals surface area contributed by atoms with Crippen LogP contribution in [0.2, 0.25) is 0 Å². The minimum atomic E-state index is -0.584. The normalized spacial score (nSPS) is 10.4. The molecule has 0 atom stereocenters. The van der Waals surface area contributed by atoms with Crippen LogP contribution in [-0.2, 0) is 14.3 Å². The zero-order valence-electron chi connectivity index (χ0n) is 15.4. The van der Waals surface area contributed by atoms with Crippen molar-refractivity contribution in [3.05, 3.63) is 16.0 Å². The molecule has 7 heteroatoms. The third-order valence-electron chi connectivity index (χ3n) is 3.92. The van der Waals surface area contributed by atoms with Gasteiger partial charge in [0.15, 0.2) is 0 Å². The second-order valence-corrected chi connectivity index (χ2v) is 6.83. The van der Waals surface area contributed by atoms with Crippen molar-refractivity contribution in [2.24, 2.45) is 0 Å². The van der Waals surface area contributed by atoms with Gasteiger partial charge < -0.3 is 14.8 Å². The Balaban J connectivity index is 2.74. The highest BCUT2D eigenvalue weighted by atomic mass is 32.1. The summed E-state index contributed by atoms with van der Waals surface area (Å²) in [5, 5.41) is 3.07. The summed E-state index contributed by atoms with van der Waals surface area (Å²) in [5.74, 6) is -1.29. The Morgan fingerprint density at radius 2 is 1.56 bits per heavy atom. The van der Waals surface area contributed by atoms with Crippen LogP contribution in [0.5, 0.6) is 0 Å². The predicted molar refractivity (Wildman–Crippen MR) is 98.4 cm³/mol. The van der Waals surface area contributed by atoms with Gasteiger partial charge in [0.2, 0.25) is 5.91 Å². The van der Waals surface area contributed by atoms with Crippen LogP contribution in [0.3, 0.4) is 0 Å². The van der Waals surface area contributed by atoms with Crippen LogP contribution in [-0.4, -0.2) is 32.1 Å². The number of ether oxygens (including phenoxy) is 2. The Labute approximate surface area is 152 Å². The van der Waals surface area contributed by atoms with Gasteiger partial charge in [-0.05, 0) is 18.9 Å². The number of carbonyl (C=O) groups excluding carboxylic acids is 3. The highest BCUT2D eigenvalue weighted by molar-refractivity contribution is 7.18. The quantitative estimate of drug-likeness (QED) is 0.491. The van der Waals surface area contributed by atoms with Crippen molar-refractivity contribution < 1.29 is 23.9 Å². The summed E-state index contributed by atoms with van der Waals surface area (Å²) < 4.78 is 9.49. The second-order valence-electron chi connectivity index (χ2n) is 5.81. The highest BCUT2D eigenvalue weighted by Gasteiger charge is 2.26. The lowest BCUT2D eigenvalue weighted by atomic mass is 10.1. The second kappa shape index (κ2) is 10.9. The number of hydrogen-bond donors (Lipinski definition) is 1. The van der Waals surface area contributed by atoms with Crippen LogP contribution in [0.4, 0.5) is 5.00 Å². The lowest BCUT2D eigenvalue weighted by Crippen LogP contribution is -2.13. The monoisotopic (exact) mass is 369 g/mol. The molecule has 0 unspecified atom stereocenters. The van der Waals surface area contributed by atoms with Crippen LogP contribution in [0.1, 0.15) is 77.5 Å². The molecule has 1 aromatic heterocycles. The SMILES string of the molecule is CCCCCCCCC(=O)Nc1sc(C(=O)OC)c(C)c1C(=O)OC. The minimum absolute atomic E-state index is 0.168. The minimum Gasteiger partial charge on any atom is -0.465 e.